The third-order valence-electron chi connectivity index (χ3n) is 2.06. The van der Waals surface area contributed by atoms with E-state index in [1.54, 1.807) is 7.11 Å². The van der Waals surface area contributed by atoms with E-state index in [-0.39, 0.29) is 0 Å². The van der Waals surface area contributed by atoms with Crippen molar-refractivity contribution in [1.29, 1.82) is 0 Å². The molecular weight excluding hydrogens is 176 g/mol. The minimum Gasteiger partial charge on any atom is -0.497 e. The second-order valence-corrected chi connectivity index (χ2v) is 3.10. The molecule has 1 aromatic heterocycles. The largest absolute Gasteiger partial charge is 0.497 e. The standard InChI is InChI=1S/C11H12N2O/c1-9-7-8-13(12-9)10-3-5-11(14-2)6-4-10/h3-8H,1-2H3. The highest BCUT2D eigenvalue weighted by molar-refractivity contribution is 5.36. The van der Waals surface area contributed by atoms with E-state index in [1.807, 2.05) is 48.1 Å². The molecule has 0 spiro atoms. The first kappa shape index (κ1) is 8.81. The molecule has 0 saturated carbocycles. The van der Waals surface area contributed by atoms with E-state index < -0.39 is 0 Å². The number of hydrogen-bond donors (Lipinski definition) is 0. The summed E-state index contributed by atoms with van der Waals surface area (Å²) in [6.45, 7) is 1.97. The van der Waals surface area contributed by atoms with Gasteiger partial charge in [-0.15, -0.1) is 0 Å². The van der Waals surface area contributed by atoms with Crippen molar-refractivity contribution in [2.45, 2.75) is 6.92 Å². The number of benzene rings is 1. The van der Waals surface area contributed by atoms with Crippen LogP contribution >= 0.6 is 0 Å². The predicted octanol–water partition coefficient (Wildman–Crippen LogP) is 2.19. The Bertz CT molecular complexity index is 417. The second-order valence-electron chi connectivity index (χ2n) is 3.10. The molecule has 14 heavy (non-hydrogen) atoms. The minimum absolute atomic E-state index is 0.859. The van der Waals surface area contributed by atoms with E-state index >= 15 is 0 Å². The molecule has 0 aliphatic heterocycles. The third-order valence-corrected chi connectivity index (χ3v) is 2.06. The Kier molecular flexibility index (Phi) is 2.23. The van der Waals surface area contributed by atoms with E-state index in [2.05, 4.69) is 5.10 Å². The summed E-state index contributed by atoms with van der Waals surface area (Å²) in [5, 5.41) is 4.31. The zero-order valence-corrected chi connectivity index (χ0v) is 8.27. The van der Waals surface area contributed by atoms with Crippen LogP contribution in [0.3, 0.4) is 0 Å². The fourth-order valence-corrected chi connectivity index (χ4v) is 1.29. The lowest BCUT2D eigenvalue weighted by Crippen LogP contribution is -1.94. The van der Waals surface area contributed by atoms with Crippen molar-refractivity contribution in [1.82, 2.24) is 9.78 Å². The predicted molar refractivity (Wildman–Crippen MR) is 54.9 cm³/mol. The fourth-order valence-electron chi connectivity index (χ4n) is 1.29. The Labute approximate surface area is 82.9 Å². The molecule has 0 radical (unpaired) electrons. The van der Waals surface area contributed by atoms with E-state index in [4.69, 9.17) is 4.74 Å². The van der Waals surface area contributed by atoms with Gasteiger partial charge in [-0.1, -0.05) is 0 Å². The maximum absolute atomic E-state index is 5.08. The third kappa shape index (κ3) is 1.62. The Morgan fingerprint density at radius 2 is 1.86 bits per heavy atom. The van der Waals surface area contributed by atoms with Gasteiger partial charge in [-0.3, -0.25) is 0 Å². The molecular formula is C11H12N2O. The monoisotopic (exact) mass is 188 g/mol. The van der Waals surface area contributed by atoms with Crippen LogP contribution in [0.25, 0.3) is 5.69 Å². The highest BCUT2D eigenvalue weighted by Gasteiger charge is 1.97. The molecule has 0 amide bonds. The number of rotatable bonds is 2. The van der Waals surface area contributed by atoms with Crippen LogP contribution in [0.1, 0.15) is 5.69 Å². The van der Waals surface area contributed by atoms with Crippen molar-refractivity contribution in [2.75, 3.05) is 7.11 Å². The quantitative estimate of drug-likeness (QED) is 0.722. The van der Waals surface area contributed by atoms with Gasteiger partial charge < -0.3 is 4.74 Å². The first-order valence-corrected chi connectivity index (χ1v) is 4.46. The molecule has 0 aliphatic carbocycles. The van der Waals surface area contributed by atoms with Crippen LogP contribution in [0, 0.1) is 6.92 Å². The average Bonchev–Trinajstić information content (AvgIpc) is 2.65. The smallest absolute Gasteiger partial charge is 0.119 e. The van der Waals surface area contributed by atoms with Crippen molar-refractivity contribution < 1.29 is 4.74 Å². The molecule has 2 rings (SSSR count). The van der Waals surface area contributed by atoms with E-state index in [1.165, 1.54) is 0 Å². The molecule has 0 atom stereocenters. The summed E-state index contributed by atoms with van der Waals surface area (Å²) < 4.78 is 6.92. The molecule has 0 bridgehead atoms. The Morgan fingerprint density at radius 3 is 2.36 bits per heavy atom. The summed E-state index contributed by atoms with van der Waals surface area (Å²) in [6, 6.07) is 9.78. The van der Waals surface area contributed by atoms with Gasteiger partial charge in [-0.05, 0) is 37.3 Å². The first-order valence-electron chi connectivity index (χ1n) is 4.46. The molecule has 0 unspecified atom stereocenters. The number of ether oxygens (including phenoxy) is 1. The van der Waals surface area contributed by atoms with Gasteiger partial charge in [0.2, 0.25) is 0 Å². The zero-order chi connectivity index (χ0) is 9.97. The fraction of sp³-hybridized carbons (Fsp3) is 0.182. The van der Waals surface area contributed by atoms with Gasteiger partial charge in [-0.25, -0.2) is 4.68 Å². The molecule has 1 aromatic carbocycles. The number of hydrogen-bond acceptors (Lipinski definition) is 2. The van der Waals surface area contributed by atoms with Gasteiger partial charge in [0.25, 0.3) is 0 Å². The lowest BCUT2D eigenvalue weighted by atomic mass is 10.3. The zero-order valence-electron chi connectivity index (χ0n) is 8.27. The van der Waals surface area contributed by atoms with E-state index in [0.29, 0.717) is 0 Å². The highest BCUT2D eigenvalue weighted by Crippen LogP contribution is 2.14. The van der Waals surface area contributed by atoms with Gasteiger partial charge in [0.15, 0.2) is 0 Å². The summed E-state index contributed by atoms with van der Waals surface area (Å²) >= 11 is 0. The Hall–Kier alpha value is -1.77. The molecule has 0 saturated heterocycles. The van der Waals surface area contributed by atoms with Gasteiger partial charge in [0.05, 0.1) is 18.5 Å². The average molecular weight is 188 g/mol. The molecule has 1 heterocycles. The molecule has 3 nitrogen and oxygen atoms in total. The van der Waals surface area contributed by atoms with Crippen LogP contribution < -0.4 is 4.74 Å². The van der Waals surface area contributed by atoms with Crippen LogP contribution in [-0.4, -0.2) is 16.9 Å². The number of aryl methyl sites for hydroxylation is 1. The van der Waals surface area contributed by atoms with Crippen molar-refractivity contribution in [3.63, 3.8) is 0 Å². The summed E-state index contributed by atoms with van der Waals surface area (Å²) in [4.78, 5) is 0. The van der Waals surface area contributed by atoms with Crippen LogP contribution in [0.2, 0.25) is 0 Å². The van der Waals surface area contributed by atoms with Crippen molar-refractivity contribution in [3.8, 4) is 11.4 Å². The molecule has 0 aliphatic rings. The topological polar surface area (TPSA) is 27.1 Å². The van der Waals surface area contributed by atoms with Gasteiger partial charge in [0, 0.05) is 6.20 Å². The minimum atomic E-state index is 0.859. The van der Waals surface area contributed by atoms with E-state index in [0.717, 1.165) is 17.1 Å². The maximum Gasteiger partial charge on any atom is 0.119 e. The maximum atomic E-state index is 5.08. The summed E-state index contributed by atoms with van der Waals surface area (Å²) in [6.07, 6.45) is 1.94. The lowest BCUT2D eigenvalue weighted by Gasteiger charge is -2.02. The van der Waals surface area contributed by atoms with Crippen molar-refractivity contribution in [2.24, 2.45) is 0 Å². The number of nitrogens with zero attached hydrogens (tertiary/aromatic N) is 2. The molecule has 72 valence electrons. The summed E-state index contributed by atoms with van der Waals surface area (Å²) in [5.74, 6) is 0.859. The SMILES string of the molecule is COc1ccc(-n2ccc(C)n2)cc1. The van der Waals surface area contributed by atoms with E-state index in [9.17, 15) is 0 Å². The lowest BCUT2D eigenvalue weighted by molar-refractivity contribution is 0.414. The summed E-state index contributed by atoms with van der Waals surface area (Å²) in [7, 11) is 1.66. The van der Waals surface area contributed by atoms with Crippen LogP contribution in [0.15, 0.2) is 36.5 Å². The highest BCUT2D eigenvalue weighted by atomic mass is 16.5. The van der Waals surface area contributed by atoms with Gasteiger partial charge in [-0.2, -0.15) is 5.10 Å². The van der Waals surface area contributed by atoms with Crippen molar-refractivity contribution >= 4 is 0 Å². The van der Waals surface area contributed by atoms with Gasteiger partial charge >= 0.3 is 0 Å². The Balaban J connectivity index is 2.33. The second kappa shape index (κ2) is 3.54. The Morgan fingerprint density at radius 1 is 1.14 bits per heavy atom. The van der Waals surface area contributed by atoms with Crippen LogP contribution in [0.5, 0.6) is 5.75 Å². The molecule has 3 heteroatoms. The van der Waals surface area contributed by atoms with Crippen molar-refractivity contribution in [3.05, 3.63) is 42.2 Å². The number of methoxy groups -OCH3 is 1. The van der Waals surface area contributed by atoms with Crippen LogP contribution in [0.4, 0.5) is 0 Å². The molecule has 0 fully saturated rings. The summed E-state index contributed by atoms with van der Waals surface area (Å²) in [5.41, 5.74) is 2.06. The molecule has 2 aromatic rings. The first-order chi connectivity index (χ1) is 6.79. The molecule has 0 N–H and O–H groups in total. The number of aromatic nitrogens is 2. The normalized spacial score (nSPS) is 10.1. The van der Waals surface area contributed by atoms with Crippen LogP contribution in [-0.2, 0) is 0 Å². The van der Waals surface area contributed by atoms with Gasteiger partial charge in [0.1, 0.15) is 5.75 Å².